The number of nitrogens with one attached hydrogen (secondary N) is 1. The van der Waals surface area contributed by atoms with E-state index in [2.05, 4.69) is 21.2 Å². The van der Waals surface area contributed by atoms with Crippen LogP contribution in [0.1, 0.15) is 35.2 Å². The van der Waals surface area contributed by atoms with Crippen molar-refractivity contribution in [1.82, 2.24) is 0 Å². The molecule has 0 atom stereocenters. The molecule has 1 N–H and O–H groups in total. The zero-order chi connectivity index (χ0) is 21.5. The summed E-state index contributed by atoms with van der Waals surface area (Å²) in [7, 11) is 0. The van der Waals surface area contributed by atoms with Crippen molar-refractivity contribution in [3.8, 4) is 11.5 Å². The average Bonchev–Trinajstić information content (AvgIpc) is 2.97. The summed E-state index contributed by atoms with van der Waals surface area (Å²) in [6.45, 7) is 2.61. The number of esters is 1. The molecule has 1 aliphatic rings. The first-order valence-corrected chi connectivity index (χ1v) is 10.4. The number of anilines is 1. The van der Waals surface area contributed by atoms with Gasteiger partial charge in [0.2, 0.25) is 0 Å². The van der Waals surface area contributed by atoms with Crippen LogP contribution < -0.4 is 14.8 Å². The molecule has 1 aliphatic heterocycles. The number of Topliss-reactive ketones (excluding diaryl/α,β-unsaturated/α-hetero) is 1. The molecule has 0 saturated carbocycles. The number of amides is 1. The van der Waals surface area contributed by atoms with Crippen molar-refractivity contribution in [2.75, 3.05) is 25.1 Å². The third kappa shape index (κ3) is 6.06. The summed E-state index contributed by atoms with van der Waals surface area (Å²) in [4.78, 5) is 36.3. The molecule has 0 fully saturated rings. The van der Waals surface area contributed by atoms with Crippen LogP contribution in [0.25, 0.3) is 0 Å². The largest absolute Gasteiger partial charge is 0.490 e. The van der Waals surface area contributed by atoms with Gasteiger partial charge in [-0.15, -0.1) is 0 Å². The summed E-state index contributed by atoms with van der Waals surface area (Å²) in [6.07, 6.45) is 0.636. The lowest BCUT2D eigenvalue weighted by Crippen LogP contribution is -2.21. The standard InChI is InChI=1S/C22H22BrNO6/c1-14-3-5-17(16(23)11-14)24-21(26)13-30-22(27)8-6-18(25)15-4-7-19-20(12-15)29-10-2-9-28-19/h3-5,7,11-12H,2,6,8-10,13H2,1H3,(H,24,26). The van der Waals surface area contributed by atoms with Gasteiger partial charge in [0.25, 0.3) is 5.91 Å². The maximum Gasteiger partial charge on any atom is 0.306 e. The fraction of sp³-hybridized carbons (Fsp3) is 0.318. The predicted molar refractivity (Wildman–Crippen MR) is 114 cm³/mol. The SMILES string of the molecule is Cc1ccc(NC(=O)COC(=O)CCC(=O)c2ccc3c(c2)OCCCO3)c(Br)c1. The zero-order valence-electron chi connectivity index (χ0n) is 16.5. The van der Waals surface area contributed by atoms with E-state index >= 15 is 0 Å². The first-order chi connectivity index (χ1) is 14.4. The van der Waals surface area contributed by atoms with Gasteiger partial charge in [-0.1, -0.05) is 6.07 Å². The summed E-state index contributed by atoms with van der Waals surface area (Å²) in [6, 6.07) is 10.5. The highest BCUT2D eigenvalue weighted by molar-refractivity contribution is 9.10. The lowest BCUT2D eigenvalue weighted by atomic mass is 10.1. The van der Waals surface area contributed by atoms with E-state index in [-0.39, 0.29) is 18.6 Å². The fourth-order valence-corrected chi connectivity index (χ4v) is 3.42. The number of hydrogen-bond acceptors (Lipinski definition) is 6. The highest BCUT2D eigenvalue weighted by Crippen LogP contribution is 2.31. The van der Waals surface area contributed by atoms with Crippen molar-refractivity contribution in [2.24, 2.45) is 0 Å². The highest BCUT2D eigenvalue weighted by Gasteiger charge is 2.16. The molecule has 8 heteroatoms. The molecule has 158 valence electrons. The molecule has 0 saturated heterocycles. The Morgan fingerprint density at radius 1 is 1.03 bits per heavy atom. The van der Waals surface area contributed by atoms with E-state index in [0.29, 0.717) is 36.0 Å². The summed E-state index contributed by atoms with van der Waals surface area (Å²) >= 11 is 3.37. The van der Waals surface area contributed by atoms with Gasteiger partial charge in [0.15, 0.2) is 23.9 Å². The number of rotatable bonds is 7. The number of hydrogen-bond donors (Lipinski definition) is 1. The Kier molecular flexibility index (Phi) is 7.46. The number of ether oxygens (including phenoxy) is 3. The molecule has 30 heavy (non-hydrogen) atoms. The van der Waals surface area contributed by atoms with E-state index in [1.165, 1.54) is 0 Å². The number of carbonyl (C=O) groups excluding carboxylic acids is 3. The first kappa shape index (κ1) is 21.8. The Morgan fingerprint density at radius 2 is 1.80 bits per heavy atom. The molecular formula is C22H22BrNO6. The summed E-state index contributed by atoms with van der Waals surface area (Å²) in [5.74, 6) is -0.150. The Balaban J connectivity index is 1.44. The van der Waals surface area contributed by atoms with Crippen LogP contribution in [0, 0.1) is 6.92 Å². The van der Waals surface area contributed by atoms with Gasteiger partial charge in [-0.25, -0.2) is 0 Å². The normalized spacial score (nSPS) is 12.6. The molecule has 3 rings (SSSR count). The van der Waals surface area contributed by atoms with Crippen molar-refractivity contribution >= 4 is 39.3 Å². The van der Waals surface area contributed by atoms with Crippen LogP contribution >= 0.6 is 15.9 Å². The van der Waals surface area contributed by atoms with Crippen LogP contribution in [0.4, 0.5) is 5.69 Å². The third-order valence-corrected chi connectivity index (χ3v) is 5.04. The minimum Gasteiger partial charge on any atom is -0.490 e. The number of aryl methyl sites for hydroxylation is 1. The monoisotopic (exact) mass is 475 g/mol. The average molecular weight is 476 g/mol. The van der Waals surface area contributed by atoms with Crippen LogP contribution in [0.3, 0.4) is 0 Å². The van der Waals surface area contributed by atoms with Gasteiger partial charge in [-0.3, -0.25) is 14.4 Å². The van der Waals surface area contributed by atoms with Gasteiger partial charge in [0.05, 0.1) is 25.3 Å². The second-order valence-corrected chi connectivity index (χ2v) is 7.68. The van der Waals surface area contributed by atoms with Crippen molar-refractivity contribution in [1.29, 1.82) is 0 Å². The second-order valence-electron chi connectivity index (χ2n) is 6.83. The fourth-order valence-electron chi connectivity index (χ4n) is 2.82. The van der Waals surface area contributed by atoms with E-state index in [4.69, 9.17) is 14.2 Å². The highest BCUT2D eigenvalue weighted by atomic mass is 79.9. The van der Waals surface area contributed by atoms with Crippen LogP contribution in [0.2, 0.25) is 0 Å². The molecule has 0 spiro atoms. The molecule has 2 aromatic rings. The summed E-state index contributed by atoms with van der Waals surface area (Å²) in [5, 5.41) is 2.66. The Hall–Kier alpha value is -2.87. The van der Waals surface area contributed by atoms with Crippen molar-refractivity contribution in [2.45, 2.75) is 26.2 Å². The zero-order valence-corrected chi connectivity index (χ0v) is 18.1. The second kappa shape index (κ2) is 10.2. The van der Waals surface area contributed by atoms with Gasteiger partial charge >= 0.3 is 5.97 Å². The predicted octanol–water partition coefficient (Wildman–Crippen LogP) is 4.06. The van der Waals surface area contributed by atoms with Crippen LogP contribution in [-0.2, 0) is 14.3 Å². The number of carbonyl (C=O) groups is 3. The Morgan fingerprint density at radius 3 is 2.57 bits per heavy atom. The van der Waals surface area contributed by atoms with E-state index in [0.717, 1.165) is 16.5 Å². The maximum atomic E-state index is 12.4. The van der Waals surface area contributed by atoms with Gasteiger partial charge in [0.1, 0.15) is 0 Å². The van der Waals surface area contributed by atoms with E-state index in [1.54, 1.807) is 24.3 Å². The summed E-state index contributed by atoms with van der Waals surface area (Å²) < 4.78 is 16.8. The van der Waals surface area contributed by atoms with Crippen LogP contribution in [-0.4, -0.2) is 37.5 Å². The van der Waals surface area contributed by atoms with Gasteiger partial charge in [-0.05, 0) is 58.7 Å². The Labute approximate surface area is 182 Å². The van der Waals surface area contributed by atoms with Crippen molar-refractivity contribution in [3.63, 3.8) is 0 Å². The smallest absolute Gasteiger partial charge is 0.306 e. The van der Waals surface area contributed by atoms with Crippen molar-refractivity contribution in [3.05, 3.63) is 52.0 Å². The maximum absolute atomic E-state index is 12.4. The first-order valence-electron chi connectivity index (χ1n) is 9.57. The number of benzene rings is 2. The van der Waals surface area contributed by atoms with Gasteiger partial charge in [0, 0.05) is 22.9 Å². The molecule has 0 bridgehead atoms. The number of fused-ring (bicyclic) bond motifs is 1. The van der Waals surface area contributed by atoms with E-state index < -0.39 is 18.5 Å². The molecule has 0 radical (unpaired) electrons. The lowest BCUT2D eigenvalue weighted by Gasteiger charge is -2.10. The molecule has 7 nitrogen and oxygen atoms in total. The molecule has 1 amide bonds. The molecular weight excluding hydrogens is 454 g/mol. The van der Waals surface area contributed by atoms with Crippen LogP contribution in [0.15, 0.2) is 40.9 Å². The van der Waals surface area contributed by atoms with Gasteiger partial charge < -0.3 is 19.5 Å². The molecule has 0 aromatic heterocycles. The molecule has 2 aromatic carbocycles. The van der Waals surface area contributed by atoms with Crippen molar-refractivity contribution < 1.29 is 28.6 Å². The lowest BCUT2D eigenvalue weighted by molar-refractivity contribution is -0.147. The van der Waals surface area contributed by atoms with E-state index in [1.807, 2.05) is 19.1 Å². The number of ketones is 1. The minimum absolute atomic E-state index is 0.0242. The topological polar surface area (TPSA) is 90.9 Å². The molecule has 0 aliphatic carbocycles. The summed E-state index contributed by atoms with van der Waals surface area (Å²) in [5.41, 5.74) is 2.07. The van der Waals surface area contributed by atoms with Crippen LogP contribution in [0.5, 0.6) is 11.5 Å². The Bertz CT molecular complexity index is 959. The third-order valence-electron chi connectivity index (χ3n) is 4.39. The number of halogens is 1. The van der Waals surface area contributed by atoms with E-state index in [9.17, 15) is 14.4 Å². The quantitative estimate of drug-likeness (QED) is 0.479. The van der Waals surface area contributed by atoms with Gasteiger partial charge in [-0.2, -0.15) is 0 Å². The molecule has 1 heterocycles. The molecule has 0 unspecified atom stereocenters. The minimum atomic E-state index is -0.615.